The van der Waals surface area contributed by atoms with E-state index in [0.717, 1.165) is 28.9 Å². The smallest absolute Gasteiger partial charge is 0.271 e. The Balaban J connectivity index is 1.93. The van der Waals surface area contributed by atoms with Gasteiger partial charge in [-0.15, -0.1) is 0 Å². The molecule has 2 aromatic rings. The fourth-order valence-electron chi connectivity index (χ4n) is 2.82. The fraction of sp³-hybridized carbons (Fsp3) is 0.409. The number of carbonyl (C=O) groups is 1. The number of nitrogens with zero attached hydrogens (tertiary/aromatic N) is 1. The number of carbonyl (C=O) groups excluding carboxylic acids is 1. The monoisotopic (exact) mass is 384 g/mol. The molecule has 1 N–H and O–H groups in total. The van der Waals surface area contributed by atoms with Crippen LogP contribution in [0.25, 0.3) is 0 Å². The highest BCUT2D eigenvalue weighted by Gasteiger charge is 2.28. The van der Waals surface area contributed by atoms with E-state index in [4.69, 9.17) is 4.74 Å². The molecule has 1 amide bonds. The molecule has 2 rings (SSSR count). The molecule has 0 saturated heterocycles. The fourth-order valence-corrected chi connectivity index (χ4v) is 2.82. The van der Waals surface area contributed by atoms with Gasteiger partial charge < -0.3 is 10.1 Å². The summed E-state index contributed by atoms with van der Waals surface area (Å²) >= 11 is 0. The van der Waals surface area contributed by atoms with Gasteiger partial charge in [-0.3, -0.25) is 14.9 Å². The van der Waals surface area contributed by atoms with E-state index in [9.17, 15) is 14.9 Å². The molecule has 0 atom stereocenters. The van der Waals surface area contributed by atoms with Crippen molar-refractivity contribution in [1.29, 1.82) is 0 Å². The number of nitro groups is 1. The second-order valence-corrected chi connectivity index (χ2v) is 7.82. The molecule has 0 aliphatic heterocycles. The molecular weight excluding hydrogens is 356 g/mol. The van der Waals surface area contributed by atoms with E-state index in [2.05, 4.69) is 5.32 Å². The molecule has 0 bridgehead atoms. The minimum atomic E-state index is -0.623. The molecule has 0 aromatic heterocycles. The van der Waals surface area contributed by atoms with E-state index in [1.165, 1.54) is 12.1 Å². The van der Waals surface area contributed by atoms with Crippen LogP contribution in [0.2, 0.25) is 0 Å². The van der Waals surface area contributed by atoms with Gasteiger partial charge >= 0.3 is 0 Å². The van der Waals surface area contributed by atoms with Crippen molar-refractivity contribution in [3.63, 3.8) is 0 Å². The van der Waals surface area contributed by atoms with Crippen LogP contribution in [-0.4, -0.2) is 17.4 Å². The van der Waals surface area contributed by atoms with Crippen molar-refractivity contribution in [2.24, 2.45) is 5.41 Å². The zero-order valence-electron chi connectivity index (χ0n) is 17.2. The number of non-ortho nitro benzene ring substituents is 1. The summed E-state index contributed by atoms with van der Waals surface area (Å²) in [7, 11) is 0. The van der Waals surface area contributed by atoms with E-state index in [1.54, 1.807) is 6.07 Å². The van der Waals surface area contributed by atoms with Crippen LogP contribution < -0.4 is 10.1 Å². The molecule has 0 aliphatic carbocycles. The molecule has 6 heteroatoms. The molecule has 28 heavy (non-hydrogen) atoms. The molecule has 6 nitrogen and oxygen atoms in total. The van der Waals surface area contributed by atoms with Crippen molar-refractivity contribution in [2.45, 2.75) is 47.5 Å². The first kappa shape index (κ1) is 21.4. The number of rotatable bonds is 8. The summed E-state index contributed by atoms with van der Waals surface area (Å²) in [6, 6.07) is 10.6. The zero-order valence-corrected chi connectivity index (χ0v) is 17.2. The van der Waals surface area contributed by atoms with Gasteiger partial charge in [-0.05, 0) is 56.4 Å². The van der Waals surface area contributed by atoms with Crippen LogP contribution >= 0.6 is 0 Å². The van der Waals surface area contributed by atoms with Crippen molar-refractivity contribution in [2.75, 3.05) is 11.9 Å². The normalized spacial score (nSPS) is 11.2. The molecule has 2 aromatic carbocycles. The lowest BCUT2D eigenvalue weighted by Crippen LogP contribution is -2.31. The van der Waals surface area contributed by atoms with Crippen molar-refractivity contribution in [3.8, 4) is 5.75 Å². The lowest BCUT2D eigenvalue weighted by molar-refractivity contribution is -0.384. The van der Waals surface area contributed by atoms with Crippen LogP contribution in [0.5, 0.6) is 5.75 Å². The highest BCUT2D eigenvalue weighted by molar-refractivity contribution is 5.95. The number of hydrogen-bond acceptors (Lipinski definition) is 4. The van der Waals surface area contributed by atoms with Crippen molar-refractivity contribution in [3.05, 3.63) is 63.2 Å². The van der Waals surface area contributed by atoms with Crippen LogP contribution in [-0.2, 0) is 4.79 Å². The number of nitro benzene ring substituents is 1. The molecule has 0 unspecified atom stereocenters. The SMILES string of the molecule is Cc1ccc(C)c(OCCCC(C)(C)C(=O)Nc2cc([N+](=O)[O-])ccc2C)c1. The molecule has 0 radical (unpaired) electrons. The molecule has 0 saturated carbocycles. The Morgan fingerprint density at radius 2 is 1.79 bits per heavy atom. The summed E-state index contributed by atoms with van der Waals surface area (Å²) in [5.41, 5.74) is 2.83. The van der Waals surface area contributed by atoms with Gasteiger partial charge in [0.15, 0.2) is 0 Å². The third kappa shape index (κ3) is 5.55. The number of amides is 1. The maximum Gasteiger partial charge on any atom is 0.271 e. The molecule has 0 fully saturated rings. The van der Waals surface area contributed by atoms with E-state index in [1.807, 2.05) is 52.8 Å². The lowest BCUT2D eigenvalue weighted by atomic mass is 9.86. The summed E-state index contributed by atoms with van der Waals surface area (Å²) in [5.74, 6) is 0.706. The third-order valence-electron chi connectivity index (χ3n) is 4.84. The Bertz CT molecular complexity index is 875. The molecule has 0 aliphatic rings. The second kappa shape index (κ2) is 8.87. The first-order chi connectivity index (χ1) is 13.1. The van der Waals surface area contributed by atoms with Crippen molar-refractivity contribution < 1.29 is 14.5 Å². The summed E-state index contributed by atoms with van der Waals surface area (Å²) < 4.78 is 5.87. The standard InChI is InChI=1S/C22H28N2O4/c1-15-7-8-17(3)20(13-15)28-12-6-11-22(4,5)21(25)23-19-14-18(24(26)27)10-9-16(19)2/h7-10,13-14H,6,11-12H2,1-5H3,(H,23,25). The molecule has 0 spiro atoms. The largest absolute Gasteiger partial charge is 0.493 e. The average molecular weight is 384 g/mol. The van der Waals surface area contributed by atoms with Gasteiger partial charge in [0.05, 0.1) is 17.2 Å². The maximum atomic E-state index is 12.7. The first-order valence-corrected chi connectivity index (χ1v) is 9.37. The molecule has 0 heterocycles. The Labute approximate surface area is 166 Å². The number of benzene rings is 2. The van der Waals surface area contributed by atoms with Gasteiger partial charge in [0, 0.05) is 17.5 Å². The number of anilines is 1. The predicted molar refractivity (Wildman–Crippen MR) is 111 cm³/mol. The van der Waals surface area contributed by atoms with Crippen LogP contribution in [0.4, 0.5) is 11.4 Å². The minimum Gasteiger partial charge on any atom is -0.493 e. The Kier molecular flexibility index (Phi) is 6.78. The van der Waals surface area contributed by atoms with Crippen molar-refractivity contribution >= 4 is 17.3 Å². The van der Waals surface area contributed by atoms with Crippen LogP contribution in [0.3, 0.4) is 0 Å². The quantitative estimate of drug-likeness (QED) is 0.378. The van der Waals surface area contributed by atoms with E-state index >= 15 is 0 Å². The van der Waals surface area contributed by atoms with Gasteiger partial charge in [0.1, 0.15) is 5.75 Å². The summed E-state index contributed by atoms with van der Waals surface area (Å²) in [6.07, 6.45) is 1.36. The van der Waals surface area contributed by atoms with Gasteiger partial charge in [0.25, 0.3) is 5.69 Å². The summed E-state index contributed by atoms with van der Waals surface area (Å²) in [6.45, 7) is 10.1. The Morgan fingerprint density at radius 3 is 2.46 bits per heavy atom. The third-order valence-corrected chi connectivity index (χ3v) is 4.84. The van der Waals surface area contributed by atoms with Gasteiger partial charge in [-0.1, -0.05) is 32.0 Å². The van der Waals surface area contributed by atoms with Crippen LogP contribution in [0.1, 0.15) is 43.4 Å². The molecular formula is C22H28N2O4. The molecule has 150 valence electrons. The number of aryl methyl sites for hydroxylation is 3. The number of nitrogens with one attached hydrogen (secondary N) is 1. The van der Waals surface area contributed by atoms with Gasteiger partial charge in [-0.25, -0.2) is 0 Å². The van der Waals surface area contributed by atoms with E-state index in [0.29, 0.717) is 18.7 Å². The van der Waals surface area contributed by atoms with Gasteiger partial charge in [-0.2, -0.15) is 0 Å². The van der Waals surface area contributed by atoms with Crippen LogP contribution in [0, 0.1) is 36.3 Å². The van der Waals surface area contributed by atoms with E-state index in [-0.39, 0.29) is 11.6 Å². The highest BCUT2D eigenvalue weighted by atomic mass is 16.6. The topological polar surface area (TPSA) is 81.5 Å². The number of ether oxygens (including phenoxy) is 1. The highest BCUT2D eigenvalue weighted by Crippen LogP contribution is 2.28. The maximum absolute atomic E-state index is 12.7. The first-order valence-electron chi connectivity index (χ1n) is 9.37. The van der Waals surface area contributed by atoms with Gasteiger partial charge in [0.2, 0.25) is 5.91 Å². The zero-order chi connectivity index (χ0) is 20.9. The Morgan fingerprint density at radius 1 is 1.11 bits per heavy atom. The minimum absolute atomic E-state index is 0.0411. The average Bonchev–Trinajstić information content (AvgIpc) is 2.63. The van der Waals surface area contributed by atoms with E-state index < -0.39 is 10.3 Å². The lowest BCUT2D eigenvalue weighted by Gasteiger charge is -2.24. The summed E-state index contributed by atoms with van der Waals surface area (Å²) in [4.78, 5) is 23.2. The van der Waals surface area contributed by atoms with Crippen molar-refractivity contribution in [1.82, 2.24) is 0 Å². The Hall–Kier alpha value is -2.89. The predicted octanol–water partition coefficient (Wildman–Crippen LogP) is 5.34. The summed E-state index contributed by atoms with van der Waals surface area (Å²) in [5, 5.41) is 13.8. The number of hydrogen-bond donors (Lipinski definition) is 1. The second-order valence-electron chi connectivity index (χ2n) is 7.82. The van der Waals surface area contributed by atoms with Crippen LogP contribution in [0.15, 0.2) is 36.4 Å².